The highest BCUT2D eigenvalue weighted by Gasteiger charge is 2.16. The van der Waals surface area contributed by atoms with E-state index in [1.807, 2.05) is 12.1 Å². The van der Waals surface area contributed by atoms with E-state index in [1.165, 1.54) is 44.5 Å². The van der Waals surface area contributed by atoms with Crippen LogP contribution in [0, 0.1) is 27.7 Å². The summed E-state index contributed by atoms with van der Waals surface area (Å²) in [6.45, 7) is 8.70. The fourth-order valence-corrected chi connectivity index (χ4v) is 7.21. The Morgan fingerprint density at radius 2 is 0.534 bits per heavy atom. The van der Waals surface area contributed by atoms with Crippen LogP contribution in [-0.2, 0) is 0 Å². The van der Waals surface area contributed by atoms with Crippen LogP contribution in [0.5, 0.6) is 0 Å². The third kappa shape index (κ3) is 8.78. The summed E-state index contributed by atoms with van der Waals surface area (Å²) in [4.78, 5) is 4.68. The molecule has 2 nitrogen and oxygen atoms in total. The number of anilines is 6. The molecule has 8 aromatic carbocycles. The van der Waals surface area contributed by atoms with Crippen LogP contribution in [0.25, 0.3) is 35.4 Å². The van der Waals surface area contributed by atoms with Crippen LogP contribution in [0.2, 0.25) is 0 Å². The minimum atomic E-state index is 1.11. The third-order valence-electron chi connectivity index (χ3n) is 10.9. The molecule has 0 atom stereocenters. The molecule has 0 bridgehead atoms. The number of aryl methyl sites for hydroxylation is 4. The molecule has 0 aliphatic carbocycles. The predicted molar refractivity (Wildman–Crippen MR) is 251 cm³/mol. The molecule has 0 heterocycles. The van der Waals surface area contributed by atoms with Gasteiger partial charge in [-0.05, 0) is 156 Å². The standard InChI is InChI=1S/C56H48N2/c1-41-15-29-55(39-43(41)3)57(51-31-21-47(22-32-51)19-17-45-11-7-5-8-12-45)53-35-25-49(26-36-53)50-27-37-54(38-28-50)58(56-30-16-42(2)44(4)40-56)52-33-23-48(24-34-52)20-18-46-13-9-6-10-14-46/h5-40H,1-4H3/b19-17+,20-18+. The predicted octanol–water partition coefficient (Wildman–Crippen LogP) is 15.9. The van der Waals surface area contributed by atoms with Gasteiger partial charge in [0.25, 0.3) is 0 Å². The normalized spacial score (nSPS) is 11.3. The Kier molecular flexibility index (Phi) is 11.3. The van der Waals surface area contributed by atoms with E-state index < -0.39 is 0 Å². The van der Waals surface area contributed by atoms with Crippen molar-refractivity contribution in [1.29, 1.82) is 0 Å². The molecule has 0 spiro atoms. The molecule has 0 N–H and O–H groups in total. The molecule has 8 rings (SSSR count). The number of rotatable bonds is 11. The molecule has 0 saturated heterocycles. The first-order valence-corrected chi connectivity index (χ1v) is 20.0. The van der Waals surface area contributed by atoms with Gasteiger partial charge in [0.2, 0.25) is 0 Å². The van der Waals surface area contributed by atoms with Crippen LogP contribution in [-0.4, -0.2) is 0 Å². The summed E-state index contributed by atoms with van der Waals surface area (Å²) in [5.41, 5.74) is 18.9. The van der Waals surface area contributed by atoms with Crippen molar-refractivity contribution >= 4 is 58.4 Å². The van der Waals surface area contributed by atoms with Crippen LogP contribution < -0.4 is 9.80 Å². The quantitative estimate of drug-likeness (QED) is 0.122. The van der Waals surface area contributed by atoms with Crippen LogP contribution in [0.15, 0.2) is 194 Å². The molecule has 0 aliphatic rings. The van der Waals surface area contributed by atoms with Gasteiger partial charge >= 0.3 is 0 Å². The Morgan fingerprint density at radius 3 is 0.845 bits per heavy atom. The second kappa shape index (κ2) is 17.3. The molecular formula is C56H48N2. The molecule has 0 radical (unpaired) electrons. The monoisotopic (exact) mass is 748 g/mol. The van der Waals surface area contributed by atoms with Crippen LogP contribution in [0.4, 0.5) is 34.1 Å². The van der Waals surface area contributed by atoms with E-state index in [1.54, 1.807) is 0 Å². The first-order chi connectivity index (χ1) is 28.4. The third-order valence-corrected chi connectivity index (χ3v) is 10.9. The summed E-state index contributed by atoms with van der Waals surface area (Å²) < 4.78 is 0. The first-order valence-electron chi connectivity index (χ1n) is 20.0. The molecule has 8 aromatic rings. The van der Waals surface area contributed by atoms with Gasteiger partial charge in [0.15, 0.2) is 0 Å². The molecule has 0 unspecified atom stereocenters. The number of nitrogens with zero attached hydrogens (tertiary/aromatic N) is 2. The molecule has 0 amide bonds. The molecular weight excluding hydrogens is 701 g/mol. The minimum absolute atomic E-state index is 1.11. The van der Waals surface area contributed by atoms with Crippen molar-refractivity contribution in [3.8, 4) is 11.1 Å². The van der Waals surface area contributed by atoms with Gasteiger partial charge in [-0.2, -0.15) is 0 Å². The highest BCUT2D eigenvalue weighted by Crippen LogP contribution is 2.39. The first kappa shape index (κ1) is 37.7. The van der Waals surface area contributed by atoms with Gasteiger partial charge in [-0.1, -0.05) is 146 Å². The largest absolute Gasteiger partial charge is 0.310 e. The van der Waals surface area contributed by atoms with Gasteiger partial charge in [0.1, 0.15) is 0 Å². The highest BCUT2D eigenvalue weighted by atomic mass is 15.1. The molecule has 0 aromatic heterocycles. The zero-order chi connectivity index (χ0) is 39.8. The Bertz CT molecular complexity index is 2460. The Balaban J connectivity index is 1.07. The smallest absolute Gasteiger partial charge is 0.0464 e. The van der Waals surface area contributed by atoms with Crippen molar-refractivity contribution in [2.24, 2.45) is 0 Å². The van der Waals surface area contributed by atoms with Crippen molar-refractivity contribution in [2.45, 2.75) is 27.7 Å². The average Bonchev–Trinajstić information content (AvgIpc) is 3.27. The van der Waals surface area contributed by atoms with Crippen molar-refractivity contribution in [1.82, 2.24) is 0 Å². The SMILES string of the molecule is Cc1ccc(N(c2ccc(/C=C/c3ccccc3)cc2)c2ccc(-c3ccc(N(c4ccc(/C=C/c5ccccc5)cc4)c4ccc(C)c(C)c4)cc3)cc2)cc1C. The molecule has 58 heavy (non-hydrogen) atoms. The summed E-state index contributed by atoms with van der Waals surface area (Å²) >= 11 is 0. The van der Waals surface area contributed by atoms with Crippen molar-refractivity contribution in [3.63, 3.8) is 0 Å². The maximum atomic E-state index is 2.34. The van der Waals surface area contributed by atoms with Crippen LogP contribution in [0.3, 0.4) is 0 Å². The fourth-order valence-electron chi connectivity index (χ4n) is 7.21. The second-order valence-corrected chi connectivity index (χ2v) is 15.0. The minimum Gasteiger partial charge on any atom is -0.310 e. The number of hydrogen-bond acceptors (Lipinski definition) is 2. The van der Waals surface area contributed by atoms with Crippen molar-refractivity contribution in [3.05, 3.63) is 239 Å². The zero-order valence-electron chi connectivity index (χ0n) is 33.7. The summed E-state index contributed by atoms with van der Waals surface area (Å²) in [5.74, 6) is 0. The van der Waals surface area contributed by atoms with E-state index in [4.69, 9.17) is 0 Å². The molecule has 0 aliphatic heterocycles. The van der Waals surface area contributed by atoms with E-state index in [0.717, 1.165) is 45.3 Å². The van der Waals surface area contributed by atoms with Gasteiger partial charge in [0, 0.05) is 34.1 Å². The lowest BCUT2D eigenvalue weighted by atomic mass is 10.0. The Morgan fingerprint density at radius 1 is 0.259 bits per heavy atom. The maximum absolute atomic E-state index is 2.34. The average molecular weight is 749 g/mol. The van der Waals surface area contributed by atoms with E-state index in [2.05, 4.69) is 244 Å². The molecule has 282 valence electrons. The lowest BCUT2D eigenvalue weighted by molar-refractivity contribution is 1.25. The summed E-state index contributed by atoms with van der Waals surface area (Å²) in [6, 6.07) is 69.7. The summed E-state index contributed by atoms with van der Waals surface area (Å²) in [5, 5.41) is 0. The van der Waals surface area contributed by atoms with E-state index in [-0.39, 0.29) is 0 Å². The Hall–Kier alpha value is -7.16. The van der Waals surface area contributed by atoms with Gasteiger partial charge in [-0.3, -0.25) is 0 Å². The van der Waals surface area contributed by atoms with Gasteiger partial charge in [-0.15, -0.1) is 0 Å². The maximum Gasteiger partial charge on any atom is 0.0464 e. The number of hydrogen-bond donors (Lipinski definition) is 0. The second-order valence-electron chi connectivity index (χ2n) is 15.0. The van der Waals surface area contributed by atoms with Gasteiger partial charge in [-0.25, -0.2) is 0 Å². The summed E-state index contributed by atoms with van der Waals surface area (Å²) in [7, 11) is 0. The van der Waals surface area contributed by atoms with Crippen molar-refractivity contribution < 1.29 is 0 Å². The lowest BCUT2D eigenvalue weighted by Crippen LogP contribution is -2.10. The fraction of sp³-hybridized carbons (Fsp3) is 0.0714. The van der Waals surface area contributed by atoms with E-state index >= 15 is 0 Å². The Labute approximate surface area is 344 Å². The van der Waals surface area contributed by atoms with Crippen LogP contribution >= 0.6 is 0 Å². The van der Waals surface area contributed by atoms with Gasteiger partial charge < -0.3 is 9.80 Å². The summed E-state index contributed by atoms with van der Waals surface area (Å²) in [6.07, 6.45) is 8.65. The van der Waals surface area contributed by atoms with E-state index in [9.17, 15) is 0 Å². The lowest BCUT2D eigenvalue weighted by Gasteiger charge is -2.27. The highest BCUT2D eigenvalue weighted by molar-refractivity contribution is 5.82. The van der Waals surface area contributed by atoms with Gasteiger partial charge in [0.05, 0.1) is 0 Å². The number of benzene rings is 8. The topological polar surface area (TPSA) is 6.48 Å². The van der Waals surface area contributed by atoms with Crippen LogP contribution in [0.1, 0.15) is 44.5 Å². The molecule has 0 saturated carbocycles. The molecule has 2 heteroatoms. The van der Waals surface area contributed by atoms with Crippen molar-refractivity contribution in [2.75, 3.05) is 9.80 Å². The molecule has 0 fully saturated rings. The van der Waals surface area contributed by atoms with E-state index in [0.29, 0.717) is 0 Å². The zero-order valence-corrected chi connectivity index (χ0v) is 33.7.